The fourth-order valence-electron chi connectivity index (χ4n) is 3.00. The molecule has 4 rings (SSSR count). The van der Waals surface area contributed by atoms with Crippen molar-refractivity contribution in [2.45, 2.75) is 27.7 Å². The first-order valence-corrected chi connectivity index (χ1v) is 9.00. The Hall–Kier alpha value is -3.21. The van der Waals surface area contributed by atoms with Crippen LogP contribution in [0, 0.1) is 12.3 Å². The van der Waals surface area contributed by atoms with Crippen molar-refractivity contribution in [3.63, 3.8) is 0 Å². The number of anilines is 1. The van der Waals surface area contributed by atoms with Crippen LogP contribution in [-0.2, 0) is 4.79 Å². The number of benzene rings is 3. The molecular formula is C22H22N4O. The molecule has 0 aliphatic rings. The summed E-state index contributed by atoms with van der Waals surface area (Å²) < 4.78 is 0. The van der Waals surface area contributed by atoms with Crippen LogP contribution in [0.15, 0.2) is 54.6 Å². The number of amides is 1. The topological polar surface area (TPSA) is 59.8 Å². The highest BCUT2D eigenvalue weighted by molar-refractivity contribution is 5.97. The van der Waals surface area contributed by atoms with Crippen LogP contribution < -0.4 is 5.32 Å². The van der Waals surface area contributed by atoms with E-state index in [0.29, 0.717) is 0 Å². The van der Waals surface area contributed by atoms with E-state index in [2.05, 4.69) is 33.7 Å². The third-order valence-electron chi connectivity index (χ3n) is 4.64. The van der Waals surface area contributed by atoms with Gasteiger partial charge in [0.25, 0.3) is 0 Å². The van der Waals surface area contributed by atoms with Gasteiger partial charge in [-0.2, -0.15) is 0 Å². The molecular weight excluding hydrogens is 336 g/mol. The number of nitrogens with one attached hydrogen (secondary N) is 1. The number of hydrogen-bond acceptors (Lipinski definition) is 3. The van der Waals surface area contributed by atoms with Gasteiger partial charge in [-0.3, -0.25) is 4.79 Å². The summed E-state index contributed by atoms with van der Waals surface area (Å²) >= 11 is 0. The Kier molecular flexibility index (Phi) is 3.95. The van der Waals surface area contributed by atoms with Crippen LogP contribution in [0.4, 0.5) is 5.69 Å². The smallest absolute Gasteiger partial charge is 0.229 e. The second-order valence-corrected chi connectivity index (χ2v) is 7.85. The van der Waals surface area contributed by atoms with Gasteiger partial charge in [-0.1, -0.05) is 57.2 Å². The quantitative estimate of drug-likeness (QED) is 0.556. The first-order chi connectivity index (χ1) is 12.8. The average Bonchev–Trinajstić information content (AvgIpc) is 3.03. The third kappa shape index (κ3) is 3.16. The number of aryl methyl sites for hydroxylation is 1. The van der Waals surface area contributed by atoms with Gasteiger partial charge in [-0.05, 0) is 36.1 Å². The predicted molar refractivity (Wildman–Crippen MR) is 109 cm³/mol. The summed E-state index contributed by atoms with van der Waals surface area (Å²) in [5, 5.41) is 14.6. The van der Waals surface area contributed by atoms with Crippen molar-refractivity contribution < 1.29 is 4.79 Å². The lowest BCUT2D eigenvalue weighted by Gasteiger charge is -2.18. The van der Waals surface area contributed by atoms with Gasteiger partial charge >= 0.3 is 0 Å². The standard InChI is InChI=1S/C22H22N4O/c1-14-12-18-19(13-17(14)23-21(27)22(2,3)4)25-26(24-18)20-11-7-9-15-8-5-6-10-16(15)20/h5-13H,1-4H3,(H,23,27). The molecule has 1 amide bonds. The number of hydrogen-bond donors (Lipinski definition) is 1. The zero-order valence-corrected chi connectivity index (χ0v) is 15.9. The molecule has 0 radical (unpaired) electrons. The molecule has 0 saturated carbocycles. The molecule has 1 aromatic heterocycles. The van der Waals surface area contributed by atoms with Gasteiger partial charge in [-0.15, -0.1) is 15.0 Å². The van der Waals surface area contributed by atoms with E-state index < -0.39 is 5.41 Å². The van der Waals surface area contributed by atoms with E-state index in [1.165, 1.54) is 0 Å². The van der Waals surface area contributed by atoms with Gasteiger partial charge in [0.1, 0.15) is 11.0 Å². The lowest BCUT2D eigenvalue weighted by molar-refractivity contribution is -0.123. The molecule has 4 aromatic rings. The SMILES string of the molecule is Cc1cc2nn(-c3cccc4ccccc34)nc2cc1NC(=O)C(C)(C)C. The Morgan fingerprint density at radius 1 is 0.963 bits per heavy atom. The first kappa shape index (κ1) is 17.2. The monoisotopic (exact) mass is 358 g/mol. The molecule has 0 aliphatic heterocycles. The summed E-state index contributed by atoms with van der Waals surface area (Å²) in [5.74, 6) is -0.0219. The highest BCUT2D eigenvalue weighted by Gasteiger charge is 2.22. The maximum Gasteiger partial charge on any atom is 0.229 e. The van der Waals surface area contributed by atoms with E-state index in [9.17, 15) is 4.79 Å². The molecule has 1 N–H and O–H groups in total. The maximum absolute atomic E-state index is 12.3. The third-order valence-corrected chi connectivity index (χ3v) is 4.64. The summed E-state index contributed by atoms with van der Waals surface area (Å²) in [6, 6.07) is 18.1. The molecule has 0 saturated heterocycles. The Labute approximate surface area is 158 Å². The van der Waals surface area contributed by atoms with E-state index in [1.807, 2.05) is 64.1 Å². The molecule has 0 unspecified atom stereocenters. The van der Waals surface area contributed by atoms with Crippen LogP contribution in [0.2, 0.25) is 0 Å². The molecule has 0 aliphatic carbocycles. The largest absolute Gasteiger partial charge is 0.325 e. The predicted octanol–water partition coefficient (Wildman–Crippen LogP) is 4.87. The summed E-state index contributed by atoms with van der Waals surface area (Å²) in [4.78, 5) is 14.0. The minimum atomic E-state index is -0.456. The number of carbonyl (C=O) groups is 1. The van der Waals surface area contributed by atoms with Gasteiger partial charge in [0.05, 0.1) is 5.69 Å². The molecule has 5 nitrogen and oxygen atoms in total. The van der Waals surface area contributed by atoms with Crippen LogP contribution >= 0.6 is 0 Å². The van der Waals surface area contributed by atoms with Crippen LogP contribution in [0.3, 0.4) is 0 Å². The average molecular weight is 358 g/mol. The molecule has 3 aromatic carbocycles. The van der Waals surface area contributed by atoms with Crippen LogP contribution in [0.25, 0.3) is 27.5 Å². The summed E-state index contributed by atoms with van der Waals surface area (Å²) in [7, 11) is 0. The summed E-state index contributed by atoms with van der Waals surface area (Å²) in [5.41, 5.74) is 3.76. The second kappa shape index (κ2) is 6.20. The molecule has 0 atom stereocenters. The Bertz CT molecular complexity index is 1160. The molecule has 1 heterocycles. The number of fused-ring (bicyclic) bond motifs is 2. The Balaban J connectivity index is 1.80. The lowest BCUT2D eigenvalue weighted by atomic mass is 9.95. The van der Waals surface area contributed by atoms with Crippen LogP contribution in [0.5, 0.6) is 0 Å². The van der Waals surface area contributed by atoms with Crippen molar-refractivity contribution in [3.8, 4) is 5.69 Å². The Morgan fingerprint density at radius 2 is 1.63 bits per heavy atom. The minimum absolute atomic E-state index is 0.0219. The molecule has 0 spiro atoms. The molecule has 27 heavy (non-hydrogen) atoms. The highest BCUT2D eigenvalue weighted by Crippen LogP contribution is 2.26. The van der Waals surface area contributed by atoms with Gasteiger partial charge in [0.2, 0.25) is 5.91 Å². The van der Waals surface area contributed by atoms with Crippen LogP contribution in [-0.4, -0.2) is 20.9 Å². The van der Waals surface area contributed by atoms with Gasteiger partial charge in [-0.25, -0.2) is 0 Å². The first-order valence-electron chi connectivity index (χ1n) is 9.00. The van der Waals surface area contributed by atoms with Gasteiger partial charge < -0.3 is 5.32 Å². The number of aromatic nitrogens is 3. The van der Waals surface area contributed by atoms with E-state index in [-0.39, 0.29) is 5.91 Å². The number of rotatable bonds is 2. The van der Waals surface area contributed by atoms with E-state index in [1.54, 1.807) is 4.80 Å². The van der Waals surface area contributed by atoms with Crippen molar-refractivity contribution in [1.82, 2.24) is 15.0 Å². The summed E-state index contributed by atoms with van der Waals surface area (Å²) in [6.45, 7) is 7.65. The van der Waals surface area contributed by atoms with Crippen molar-refractivity contribution in [2.24, 2.45) is 5.41 Å². The van der Waals surface area contributed by atoms with Crippen LogP contribution in [0.1, 0.15) is 26.3 Å². The zero-order valence-electron chi connectivity index (χ0n) is 15.9. The normalized spacial score (nSPS) is 11.9. The van der Waals surface area contributed by atoms with Crippen molar-refractivity contribution >= 4 is 33.4 Å². The molecule has 0 fully saturated rings. The van der Waals surface area contributed by atoms with E-state index in [4.69, 9.17) is 0 Å². The van der Waals surface area contributed by atoms with E-state index in [0.717, 1.165) is 38.7 Å². The van der Waals surface area contributed by atoms with Crippen molar-refractivity contribution in [3.05, 3.63) is 60.2 Å². The fraction of sp³-hybridized carbons (Fsp3) is 0.227. The highest BCUT2D eigenvalue weighted by atomic mass is 16.2. The lowest BCUT2D eigenvalue weighted by Crippen LogP contribution is -2.27. The van der Waals surface area contributed by atoms with E-state index >= 15 is 0 Å². The fourth-order valence-corrected chi connectivity index (χ4v) is 3.00. The summed E-state index contributed by atoms with van der Waals surface area (Å²) in [6.07, 6.45) is 0. The second-order valence-electron chi connectivity index (χ2n) is 7.85. The molecule has 136 valence electrons. The van der Waals surface area contributed by atoms with Gasteiger partial charge in [0.15, 0.2) is 0 Å². The maximum atomic E-state index is 12.3. The Morgan fingerprint density at radius 3 is 2.37 bits per heavy atom. The number of nitrogens with zero attached hydrogens (tertiary/aromatic N) is 3. The minimum Gasteiger partial charge on any atom is -0.325 e. The van der Waals surface area contributed by atoms with Crippen molar-refractivity contribution in [2.75, 3.05) is 5.32 Å². The van der Waals surface area contributed by atoms with Gasteiger partial charge in [0, 0.05) is 16.5 Å². The van der Waals surface area contributed by atoms with Crippen molar-refractivity contribution in [1.29, 1.82) is 0 Å². The number of carbonyl (C=O) groups excluding carboxylic acids is 1. The molecule has 5 heteroatoms. The zero-order chi connectivity index (χ0) is 19.2. The molecule has 0 bridgehead atoms.